The van der Waals surface area contributed by atoms with Gasteiger partial charge >= 0.3 is 5.97 Å². The molecule has 2 aromatic heterocycles. The molecule has 7 nitrogen and oxygen atoms in total. The third kappa shape index (κ3) is 1.49. The molecule has 0 radical (unpaired) electrons. The quantitative estimate of drug-likeness (QED) is 0.603. The third-order valence-electron chi connectivity index (χ3n) is 2.42. The minimum Gasteiger partial charge on any atom is -0.475 e. The number of rotatable bonds is 1. The zero-order valence-corrected chi connectivity index (χ0v) is 8.91. The van der Waals surface area contributed by atoms with Crippen LogP contribution in [0.1, 0.15) is 10.6 Å². The van der Waals surface area contributed by atoms with E-state index in [1.54, 1.807) is 24.3 Å². The van der Waals surface area contributed by atoms with E-state index < -0.39 is 17.4 Å². The Labute approximate surface area is 99.2 Å². The molecule has 3 rings (SSSR count). The van der Waals surface area contributed by atoms with Crippen LogP contribution in [-0.4, -0.2) is 31.0 Å². The normalized spacial score (nSPS) is 10.9. The number of aromatic amines is 1. The highest BCUT2D eigenvalue weighted by Crippen LogP contribution is 2.11. The molecule has 7 heteroatoms. The highest BCUT2D eigenvalue weighted by Gasteiger charge is 2.12. The largest absolute Gasteiger partial charge is 0.475 e. The molecule has 1 aromatic carbocycles. The molecular weight excluding hydrogens is 236 g/mol. The maximum Gasteiger partial charge on any atom is 0.372 e. The van der Waals surface area contributed by atoms with Gasteiger partial charge in [0.05, 0.1) is 11.0 Å². The number of carbonyl (C=O) groups is 1. The first-order chi connectivity index (χ1) is 8.65. The zero-order valence-electron chi connectivity index (χ0n) is 8.91. The molecule has 3 aromatic rings. The van der Waals surface area contributed by atoms with Crippen molar-refractivity contribution in [3.8, 4) is 0 Å². The van der Waals surface area contributed by atoms with E-state index >= 15 is 0 Å². The molecule has 88 valence electrons. The van der Waals surface area contributed by atoms with Crippen molar-refractivity contribution in [1.29, 1.82) is 0 Å². The number of hydrogen-bond donors (Lipinski definition) is 2. The molecule has 0 spiro atoms. The van der Waals surface area contributed by atoms with Crippen molar-refractivity contribution in [1.82, 2.24) is 19.9 Å². The Bertz CT molecular complexity index is 840. The summed E-state index contributed by atoms with van der Waals surface area (Å²) in [7, 11) is 0. The van der Waals surface area contributed by atoms with E-state index in [0.717, 1.165) is 0 Å². The number of aromatic nitrogens is 4. The standard InChI is InChI=1S/C11H6N4O3/c16-10-7-8(14-9(15-10)11(17)18)13-6-4-2-1-3-5(6)12-7/h1-4H,(H,17,18)(H,13,14,15,16). The Morgan fingerprint density at radius 1 is 1.11 bits per heavy atom. The fraction of sp³-hybridized carbons (Fsp3) is 0. The second kappa shape index (κ2) is 3.59. The van der Waals surface area contributed by atoms with Gasteiger partial charge in [0.1, 0.15) is 0 Å². The van der Waals surface area contributed by atoms with Crippen LogP contribution < -0.4 is 5.56 Å². The van der Waals surface area contributed by atoms with Crippen LogP contribution in [0, 0.1) is 0 Å². The number of para-hydroxylation sites is 2. The third-order valence-corrected chi connectivity index (χ3v) is 2.42. The molecule has 0 aliphatic heterocycles. The lowest BCUT2D eigenvalue weighted by Crippen LogP contribution is -2.17. The molecule has 2 N–H and O–H groups in total. The average molecular weight is 242 g/mol. The molecule has 0 aliphatic rings. The summed E-state index contributed by atoms with van der Waals surface area (Å²) in [5.41, 5.74) is 0.545. The Hall–Kier alpha value is -2.83. The van der Waals surface area contributed by atoms with E-state index in [1.807, 2.05) is 0 Å². The van der Waals surface area contributed by atoms with Crippen LogP contribution in [-0.2, 0) is 0 Å². The number of nitrogens with zero attached hydrogens (tertiary/aromatic N) is 3. The van der Waals surface area contributed by atoms with E-state index in [4.69, 9.17) is 5.11 Å². The van der Waals surface area contributed by atoms with Crippen LogP contribution in [0.2, 0.25) is 0 Å². The van der Waals surface area contributed by atoms with Crippen LogP contribution in [0.3, 0.4) is 0 Å². The highest BCUT2D eigenvalue weighted by atomic mass is 16.4. The van der Waals surface area contributed by atoms with Crippen molar-refractivity contribution in [3.05, 3.63) is 40.4 Å². The maximum atomic E-state index is 11.7. The Morgan fingerprint density at radius 2 is 1.78 bits per heavy atom. The lowest BCUT2D eigenvalue weighted by atomic mass is 10.3. The molecule has 0 fully saturated rings. The van der Waals surface area contributed by atoms with Gasteiger partial charge < -0.3 is 5.11 Å². The van der Waals surface area contributed by atoms with Crippen LogP contribution >= 0.6 is 0 Å². The zero-order chi connectivity index (χ0) is 12.7. The topological polar surface area (TPSA) is 109 Å². The van der Waals surface area contributed by atoms with Crippen molar-refractivity contribution in [2.45, 2.75) is 0 Å². The lowest BCUT2D eigenvalue weighted by Gasteiger charge is -2.00. The minimum atomic E-state index is -1.32. The van der Waals surface area contributed by atoms with Gasteiger partial charge in [0, 0.05) is 0 Å². The predicted molar refractivity (Wildman–Crippen MR) is 62.4 cm³/mol. The molecule has 0 amide bonds. The number of benzene rings is 1. The smallest absolute Gasteiger partial charge is 0.372 e. The Balaban J connectivity index is 2.46. The van der Waals surface area contributed by atoms with Gasteiger partial charge in [0.25, 0.3) is 5.56 Å². The first-order valence-corrected chi connectivity index (χ1v) is 5.05. The summed E-state index contributed by atoms with van der Waals surface area (Å²) in [6.45, 7) is 0. The second-order valence-electron chi connectivity index (χ2n) is 3.60. The SMILES string of the molecule is O=C(O)c1nc2nc3ccccc3nc2c(=O)[nH]1. The Morgan fingerprint density at radius 3 is 2.44 bits per heavy atom. The van der Waals surface area contributed by atoms with E-state index in [-0.39, 0.29) is 11.2 Å². The van der Waals surface area contributed by atoms with E-state index in [0.29, 0.717) is 11.0 Å². The summed E-state index contributed by atoms with van der Waals surface area (Å²) in [4.78, 5) is 36.6. The van der Waals surface area contributed by atoms with Crippen LogP contribution in [0.15, 0.2) is 29.1 Å². The van der Waals surface area contributed by atoms with Crippen LogP contribution in [0.25, 0.3) is 22.2 Å². The van der Waals surface area contributed by atoms with E-state index in [9.17, 15) is 9.59 Å². The number of hydrogen-bond acceptors (Lipinski definition) is 5. The van der Waals surface area contributed by atoms with Crippen LogP contribution in [0.5, 0.6) is 0 Å². The molecule has 0 bridgehead atoms. The number of fused-ring (bicyclic) bond motifs is 2. The first kappa shape index (κ1) is 10.3. The first-order valence-electron chi connectivity index (χ1n) is 5.05. The van der Waals surface area contributed by atoms with Gasteiger partial charge in [-0.1, -0.05) is 12.1 Å². The molecule has 0 aliphatic carbocycles. The van der Waals surface area contributed by atoms with Gasteiger partial charge in [-0.3, -0.25) is 9.78 Å². The second-order valence-corrected chi connectivity index (χ2v) is 3.60. The molecule has 0 saturated carbocycles. The van der Waals surface area contributed by atoms with Gasteiger partial charge in [-0.05, 0) is 12.1 Å². The van der Waals surface area contributed by atoms with Crippen molar-refractivity contribution >= 4 is 28.2 Å². The average Bonchev–Trinajstić information content (AvgIpc) is 2.36. The van der Waals surface area contributed by atoms with E-state index in [1.165, 1.54) is 0 Å². The van der Waals surface area contributed by atoms with Gasteiger partial charge in [-0.15, -0.1) is 0 Å². The number of aromatic carboxylic acids is 1. The molecular formula is C11H6N4O3. The van der Waals surface area contributed by atoms with Gasteiger partial charge in [0.2, 0.25) is 5.82 Å². The maximum absolute atomic E-state index is 11.7. The summed E-state index contributed by atoms with van der Waals surface area (Å²) in [6.07, 6.45) is 0. The summed E-state index contributed by atoms with van der Waals surface area (Å²) in [6, 6.07) is 6.97. The van der Waals surface area contributed by atoms with Crippen molar-refractivity contribution in [2.24, 2.45) is 0 Å². The van der Waals surface area contributed by atoms with Crippen molar-refractivity contribution in [3.63, 3.8) is 0 Å². The summed E-state index contributed by atoms with van der Waals surface area (Å²) in [5.74, 6) is -1.76. The number of nitrogens with one attached hydrogen (secondary N) is 1. The number of H-pyrrole nitrogens is 1. The molecule has 0 unspecified atom stereocenters. The Kier molecular flexibility index (Phi) is 2.06. The van der Waals surface area contributed by atoms with Gasteiger partial charge in [0.15, 0.2) is 11.2 Å². The predicted octanol–water partition coefficient (Wildman–Crippen LogP) is 0.564. The van der Waals surface area contributed by atoms with Crippen molar-refractivity contribution < 1.29 is 9.90 Å². The van der Waals surface area contributed by atoms with Crippen LogP contribution in [0.4, 0.5) is 0 Å². The highest BCUT2D eigenvalue weighted by molar-refractivity contribution is 5.87. The summed E-state index contributed by atoms with van der Waals surface area (Å²) in [5, 5.41) is 8.80. The monoisotopic (exact) mass is 242 g/mol. The fourth-order valence-corrected chi connectivity index (χ4v) is 1.62. The minimum absolute atomic E-state index is 0.0230. The number of carboxylic acid groups (broad SMARTS) is 1. The summed E-state index contributed by atoms with van der Waals surface area (Å²) < 4.78 is 0. The molecule has 0 saturated heterocycles. The number of carboxylic acids is 1. The molecule has 18 heavy (non-hydrogen) atoms. The molecule has 0 atom stereocenters. The van der Waals surface area contributed by atoms with Gasteiger partial charge in [-0.25, -0.2) is 19.7 Å². The summed E-state index contributed by atoms with van der Waals surface area (Å²) >= 11 is 0. The van der Waals surface area contributed by atoms with Gasteiger partial charge in [-0.2, -0.15) is 0 Å². The lowest BCUT2D eigenvalue weighted by molar-refractivity contribution is 0.0683. The van der Waals surface area contributed by atoms with E-state index in [2.05, 4.69) is 19.9 Å². The fourth-order valence-electron chi connectivity index (χ4n) is 1.62. The van der Waals surface area contributed by atoms with Crippen molar-refractivity contribution in [2.75, 3.05) is 0 Å². The molecule has 2 heterocycles.